The molecule has 5 heteroatoms. The van der Waals surface area contributed by atoms with Gasteiger partial charge in [0.25, 0.3) is 0 Å². The van der Waals surface area contributed by atoms with E-state index in [1.54, 1.807) is 6.07 Å². The summed E-state index contributed by atoms with van der Waals surface area (Å²) in [5.74, 6) is -0.742. The fourth-order valence-electron chi connectivity index (χ4n) is 0.788. The molecule has 1 rings (SSSR count). The average molecular weight is 377 g/mol. The van der Waals surface area contributed by atoms with E-state index < -0.39 is 5.82 Å². The zero-order chi connectivity index (χ0) is 9.14. The molecular weight excluding hydrogens is 371 g/mol. The van der Waals surface area contributed by atoms with Gasteiger partial charge < -0.3 is 0 Å². The van der Waals surface area contributed by atoms with Crippen molar-refractivity contribution in [3.05, 3.63) is 34.1 Å². The van der Waals surface area contributed by atoms with Gasteiger partial charge in [-0.2, -0.15) is 0 Å². The van der Waals surface area contributed by atoms with Gasteiger partial charge in [0, 0.05) is 4.47 Å². The Hall–Kier alpha value is 0.260. The van der Waals surface area contributed by atoms with Crippen molar-refractivity contribution in [1.82, 2.24) is 0 Å². The summed E-state index contributed by atoms with van der Waals surface area (Å²) < 4.78 is 13.6. The van der Waals surface area contributed by atoms with Gasteiger partial charge in [-0.25, -0.2) is 4.39 Å². The van der Waals surface area contributed by atoms with Crippen LogP contribution in [0, 0.1) is 5.82 Å². The van der Waals surface area contributed by atoms with Crippen molar-refractivity contribution in [3.63, 3.8) is 0 Å². The molecule has 0 amide bonds. The number of Topliss-reactive ketones (excluding diaryl/α,β-unsaturated/α-hetero) is 1. The van der Waals surface area contributed by atoms with E-state index in [1.165, 1.54) is 12.1 Å². The second-order valence-electron chi connectivity index (χ2n) is 2.18. The minimum atomic E-state index is -0.492. The second kappa shape index (κ2) is 5.88. The van der Waals surface area contributed by atoms with Gasteiger partial charge in [-0.3, -0.25) is 4.79 Å². The fraction of sp³-hybridized carbons (Fsp3) is 0.125. The first-order valence-corrected chi connectivity index (χ1v) is 5.11. The third kappa shape index (κ3) is 3.48. The Labute approximate surface area is 103 Å². The molecule has 0 heterocycles. The quantitative estimate of drug-likeness (QED) is 0.567. The first-order chi connectivity index (χ1) is 5.65. The highest BCUT2D eigenvalue weighted by Gasteiger charge is 2.09. The average Bonchev–Trinajstić information content (AvgIpc) is 2.03. The molecule has 0 aliphatic carbocycles. The van der Waals surface area contributed by atoms with Crippen LogP contribution in [-0.2, 0) is 0 Å². The Morgan fingerprint density at radius 3 is 2.54 bits per heavy atom. The Morgan fingerprint density at radius 1 is 1.46 bits per heavy atom. The van der Waals surface area contributed by atoms with Crippen molar-refractivity contribution >= 4 is 54.6 Å². The number of carbonyl (C=O) groups is 1. The molecule has 72 valence electrons. The van der Waals surface area contributed by atoms with Crippen molar-refractivity contribution in [1.29, 1.82) is 0 Å². The molecule has 0 saturated carbocycles. The molecule has 13 heavy (non-hydrogen) atoms. The smallest absolute Gasteiger partial charge is 0.176 e. The molecule has 0 saturated heterocycles. The van der Waals surface area contributed by atoms with Crippen LogP contribution < -0.4 is 0 Å². The summed E-state index contributed by atoms with van der Waals surface area (Å²) in [6.45, 7) is 0. The van der Waals surface area contributed by atoms with Gasteiger partial charge in [-0.1, -0.05) is 31.9 Å². The summed E-state index contributed by atoms with van der Waals surface area (Å²) in [7, 11) is 0. The lowest BCUT2D eigenvalue weighted by atomic mass is 10.1. The molecule has 0 aliphatic rings. The predicted molar refractivity (Wildman–Crippen MR) is 62.5 cm³/mol. The van der Waals surface area contributed by atoms with Crippen molar-refractivity contribution in [2.24, 2.45) is 0 Å². The molecule has 0 spiro atoms. The normalized spacial score (nSPS) is 9.15. The minimum absolute atomic E-state index is 0. The van der Waals surface area contributed by atoms with Crippen LogP contribution in [0.15, 0.2) is 22.7 Å². The van der Waals surface area contributed by atoms with Crippen LogP contribution in [0.4, 0.5) is 4.39 Å². The molecule has 0 atom stereocenters. The van der Waals surface area contributed by atoms with Crippen LogP contribution in [-0.4, -0.2) is 11.1 Å². The molecule has 0 aliphatic heterocycles. The third-order valence-electron chi connectivity index (χ3n) is 1.35. The first-order valence-electron chi connectivity index (χ1n) is 3.19. The van der Waals surface area contributed by atoms with Crippen molar-refractivity contribution < 1.29 is 9.18 Å². The first kappa shape index (κ1) is 13.3. The van der Waals surface area contributed by atoms with E-state index in [0.717, 1.165) is 0 Å². The van der Waals surface area contributed by atoms with Gasteiger partial charge in [0.15, 0.2) is 5.78 Å². The number of ketones is 1. The summed E-state index contributed by atoms with van der Waals surface area (Å²) in [5, 5.41) is 0.144. The number of carbonyl (C=O) groups excluding carboxylic acids is 1. The molecule has 0 N–H and O–H groups in total. The lowest BCUT2D eigenvalue weighted by molar-refractivity contribution is 0.102. The molecule has 1 nitrogen and oxygen atoms in total. The van der Waals surface area contributed by atoms with E-state index in [4.69, 9.17) is 0 Å². The minimum Gasteiger partial charge on any atom is -0.293 e. The maximum Gasteiger partial charge on any atom is 0.176 e. The van der Waals surface area contributed by atoms with Gasteiger partial charge in [0.05, 0.1) is 10.9 Å². The maximum atomic E-state index is 13.0. The van der Waals surface area contributed by atoms with Crippen LogP contribution in [0.5, 0.6) is 0 Å². The van der Waals surface area contributed by atoms with E-state index in [0.29, 0.717) is 4.47 Å². The van der Waals surface area contributed by atoms with E-state index >= 15 is 0 Å². The molecule has 1 aromatic rings. The van der Waals surface area contributed by atoms with Gasteiger partial charge in [-0.05, 0) is 18.2 Å². The largest absolute Gasteiger partial charge is 0.293 e. The van der Waals surface area contributed by atoms with E-state index in [-0.39, 0.29) is 33.7 Å². The van der Waals surface area contributed by atoms with E-state index in [9.17, 15) is 9.18 Å². The lowest BCUT2D eigenvalue weighted by Crippen LogP contribution is -2.02. The summed E-state index contributed by atoms with van der Waals surface area (Å²) in [4.78, 5) is 11.0. The summed E-state index contributed by atoms with van der Waals surface area (Å²) in [6, 6.07) is 4.37. The van der Waals surface area contributed by atoms with Crippen LogP contribution in [0.3, 0.4) is 0 Å². The van der Waals surface area contributed by atoms with Crippen LogP contribution in [0.25, 0.3) is 0 Å². The highest BCUT2D eigenvalue weighted by molar-refractivity contribution is 9.10. The number of alkyl halides is 1. The second-order valence-corrected chi connectivity index (χ2v) is 3.66. The third-order valence-corrected chi connectivity index (χ3v) is 2.36. The molecule has 1 aromatic carbocycles. The molecule has 0 unspecified atom stereocenters. The lowest BCUT2D eigenvalue weighted by Gasteiger charge is -1.98. The molecule has 0 fully saturated rings. The summed E-state index contributed by atoms with van der Waals surface area (Å²) in [6.07, 6.45) is 0. The highest BCUT2D eigenvalue weighted by atomic mass is 79.9. The molecule has 0 radical (unpaired) electrons. The zero-order valence-corrected chi connectivity index (χ0v) is 11.3. The van der Waals surface area contributed by atoms with Crippen LogP contribution in [0.1, 0.15) is 10.4 Å². The summed E-state index contributed by atoms with van der Waals surface area (Å²) in [5.41, 5.74) is 0.120. The fourth-order valence-corrected chi connectivity index (χ4v) is 1.42. The Kier molecular flexibility index (Phi) is 6.00. The standard InChI is InChI=1S/C8H5Br2FO.BrH/c9-4-8(12)6-2-1-5(10)3-7(6)11;/h1-3H,4H2;1H. The topological polar surface area (TPSA) is 17.1 Å². The van der Waals surface area contributed by atoms with E-state index in [2.05, 4.69) is 31.9 Å². The maximum absolute atomic E-state index is 13.0. The van der Waals surface area contributed by atoms with Crippen LogP contribution in [0.2, 0.25) is 0 Å². The number of hydrogen-bond donors (Lipinski definition) is 0. The van der Waals surface area contributed by atoms with Crippen molar-refractivity contribution in [2.75, 3.05) is 5.33 Å². The van der Waals surface area contributed by atoms with Gasteiger partial charge in [0.2, 0.25) is 0 Å². The Balaban J connectivity index is 0.00000144. The van der Waals surface area contributed by atoms with Gasteiger partial charge in [0.1, 0.15) is 5.82 Å². The Morgan fingerprint density at radius 2 is 2.08 bits per heavy atom. The van der Waals surface area contributed by atoms with Gasteiger partial charge >= 0.3 is 0 Å². The van der Waals surface area contributed by atoms with Crippen molar-refractivity contribution in [2.45, 2.75) is 0 Å². The number of hydrogen-bond acceptors (Lipinski definition) is 1. The van der Waals surface area contributed by atoms with Crippen LogP contribution >= 0.6 is 48.8 Å². The van der Waals surface area contributed by atoms with Crippen molar-refractivity contribution in [3.8, 4) is 0 Å². The highest BCUT2D eigenvalue weighted by Crippen LogP contribution is 2.16. The molecular formula is C8H6Br3FO. The van der Waals surface area contributed by atoms with Gasteiger partial charge in [-0.15, -0.1) is 17.0 Å². The number of halogens is 4. The predicted octanol–water partition coefficient (Wildman–Crippen LogP) is 3.74. The SMILES string of the molecule is Br.O=C(CBr)c1ccc(Br)cc1F. The van der Waals surface area contributed by atoms with E-state index in [1.807, 2.05) is 0 Å². The number of benzene rings is 1. The zero-order valence-electron chi connectivity index (χ0n) is 6.39. The summed E-state index contributed by atoms with van der Waals surface area (Å²) >= 11 is 6.08. The number of rotatable bonds is 2. The monoisotopic (exact) mass is 374 g/mol. The molecule has 0 bridgehead atoms. The molecule has 0 aromatic heterocycles. The Bertz CT molecular complexity index is 314.